The first-order chi connectivity index (χ1) is 41.6. The van der Waals surface area contributed by atoms with Crippen LogP contribution in [0.4, 0.5) is 0 Å². The molecule has 0 saturated heterocycles. The molecule has 8 aliphatic rings. The van der Waals surface area contributed by atoms with Crippen molar-refractivity contribution in [3.05, 3.63) is 199 Å². The predicted octanol–water partition coefficient (Wildman–Crippen LogP) is 31.6. The van der Waals surface area contributed by atoms with Crippen LogP contribution in [0.3, 0.4) is 0 Å². The molecule has 8 rings (SSSR count). The van der Waals surface area contributed by atoms with Gasteiger partial charge in [-0.25, -0.2) is 0 Å². The van der Waals surface area contributed by atoms with E-state index in [1.165, 1.54) is 165 Å². The second-order valence-corrected chi connectivity index (χ2v) is 22.3. The van der Waals surface area contributed by atoms with Crippen LogP contribution >= 0.6 is 0 Å². The number of hydrogen-bond acceptors (Lipinski definition) is 2. The first kappa shape index (κ1) is 103. The van der Waals surface area contributed by atoms with E-state index in [1.54, 1.807) is 22.3 Å². The molecule has 2 heterocycles. The molecule has 0 saturated carbocycles. The van der Waals surface area contributed by atoms with Gasteiger partial charge in [-0.2, -0.15) is 0 Å². The van der Waals surface area contributed by atoms with Crippen molar-refractivity contribution in [3.8, 4) is 0 Å². The van der Waals surface area contributed by atoms with Gasteiger partial charge < -0.3 is 0 Å². The molecular weight excluding hydrogens is 1070 g/mol. The second kappa shape index (κ2) is 67.3. The van der Waals surface area contributed by atoms with E-state index in [4.69, 9.17) is 0 Å². The van der Waals surface area contributed by atoms with Crippen molar-refractivity contribution in [2.24, 2.45) is 9.98 Å². The summed E-state index contributed by atoms with van der Waals surface area (Å²) in [5.41, 5.74) is 33.5. The topological polar surface area (TPSA) is 24.7 Å². The Morgan fingerprint density at radius 2 is 0.618 bits per heavy atom. The van der Waals surface area contributed by atoms with Crippen molar-refractivity contribution >= 4 is 12.4 Å². The lowest BCUT2D eigenvalue weighted by Crippen LogP contribution is -1.96. The zero-order valence-corrected chi connectivity index (χ0v) is 65.6. The molecule has 0 bridgehead atoms. The van der Waals surface area contributed by atoms with E-state index < -0.39 is 0 Å². The van der Waals surface area contributed by atoms with Crippen molar-refractivity contribution in [1.29, 1.82) is 0 Å². The van der Waals surface area contributed by atoms with Crippen LogP contribution < -0.4 is 0 Å². The van der Waals surface area contributed by atoms with Crippen LogP contribution in [0.1, 0.15) is 345 Å². The number of dihydropyridines is 1. The summed E-state index contributed by atoms with van der Waals surface area (Å²) in [6.07, 6.45) is 29.2. The molecule has 0 aromatic carbocycles. The normalized spacial score (nSPS) is 16.9. The molecule has 0 spiro atoms. The highest BCUT2D eigenvalue weighted by Crippen LogP contribution is 2.30. The quantitative estimate of drug-likeness (QED) is 0.216. The molecule has 0 aromatic rings. The van der Waals surface area contributed by atoms with Crippen molar-refractivity contribution < 1.29 is 0 Å². The van der Waals surface area contributed by atoms with E-state index in [-0.39, 0.29) is 7.43 Å². The predicted molar refractivity (Wildman–Crippen MR) is 427 cm³/mol. The molecule has 0 N–H and O–H groups in total. The van der Waals surface area contributed by atoms with Crippen LogP contribution in [-0.4, -0.2) is 12.4 Å². The maximum Gasteiger partial charge on any atom is 0.0582 e. The standard InChI is InChI=1S/4C9H14.C9H12.C9H14.2C8H11N.8C2H6.CH4/c5*1-7-4-5-8(2)9(3)6-7;1-7-5-4-6-8(2)9(7)3;1-6-4-7(2)8(3)9-5-6;1-6-4-5-9-8(3)7(6)2;8*1-2;/h4*1,4-6H2,2-3H3;4-5H,1,6H2,2-3H3;1,4-6H2,2-3H3;5H,1,4H2,2-3H3;5H,3-4H2,1-2H3;8*1-2H3;1H4. The number of rotatable bonds is 0. The summed E-state index contributed by atoms with van der Waals surface area (Å²) in [5.74, 6) is 0. The Kier molecular flexibility index (Phi) is 77.8. The Balaban J connectivity index is -0.000000113. The number of hydrogen-bond donors (Lipinski definition) is 0. The van der Waals surface area contributed by atoms with Crippen molar-refractivity contribution in [2.45, 2.75) is 345 Å². The Morgan fingerprint density at radius 3 is 0.843 bits per heavy atom. The fourth-order valence-electron chi connectivity index (χ4n) is 8.54. The lowest BCUT2D eigenvalue weighted by atomic mass is 9.90. The van der Waals surface area contributed by atoms with Crippen molar-refractivity contribution in [1.82, 2.24) is 0 Å². The van der Waals surface area contributed by atoms with E-state index >= 15 is 0 Å². The first-order valence-electron chi connectivity index (χ1n) is 35.0. The van der Waals surface area contributed by atoms with E-state index in [0.29, 0.717) is 0 Å². The second-order valence-electron chi connectivity index (χ2n) is 22.3. The average Bonchev–Trinajstić information content (AvgIpc) is 3.58. The van der Waals surface area contributed by atoms with Gasteiger partial charge in [0, 0.05) is 24.5 Å². The lowest BCUT2D eigenvalue weighted by molar-refractivity contribution is 0.765. The third-order valence-electron chi connectivity index (χ3n) is 15.6. The van der Waals surface area contributed by atoms with Gasteiger partial charge in [0.2, 0.25) is 0 Å². The van der Waals surface area contributed by atoms with Crippen LogP contribution in [0.2, 0.25) is 0 Å². The highest BCUT2D eigenvalue weighted by atomic mass is 14.7. The summed E-state index contributed by atoms with van der Waals surface area (Å²) in [6, 6.07) is 0. The number of allylic oxidation sites excluding steroid dienone is 25. The van der Waals surface area contributed by atoms with E-state index in [9.17, 15) is 0 Å². The Hall–Kier alpha value is -5.08. The van der Waals surface area contributed by atoms with E-state index in [0.717, 1.165) is 61.9 Å². The van der Waals surface area contributed by atoms with Crippen LogP contribution in [0.15, 0.2) is 209 Å². The van der Waals surface area contributed by atoms with Gasteiger partial charge >= 0.3 is 0 Å². The van der Waals surface area contributed by atoms with Gasteiger partial charge in [0.05, 0.1) is 5.70 Å². The average molecular weight is 1230 g/mol. The Bertz CT molecular complexity index is 2190. The number of nitrogens with zero attached hydrogens (tertiary/aromatic N) is 2. The highest BCUT2D eigenvalue weighted by Gasteiger charge is 2.11. The van der Waals surface area contributed by atoms with Gasteiger partial charge in [0.1, 0.15) is 0 Å². The summed E-state index contributed by atoms with van der Waals surface area (Å²) in [5, 5.41) is 0. The molecule has 6 aliphatic carbocycles. The molecule has 0 unspecified atom stereocenters. The monoisotopic (exact) mass is 1230 g/mol. The minimum Gasteiger partial charge on any atom is -0.261 e. The lowest BCUT2D eigenvalue weighted by Gasteiger charge is -2.16. The van der Waals surface area contributed by atoms with E-state index in [2.05, 4.69) is 179 Å². The summed E-state index contributed by atoms with van der Waals surface area (Å²) in [6.45, 7) is 98.0. The zero-order chi connectivity index (χ0) is 70.8. The number of aliphatic imine (C=N–C) groups is 2. The smallest absolute Gasteiger partial charge is 0.0582 e. The molecular formula is C87H156N2. The maximum absolute atomic E-state index is 4.15. The van der Waals surface area contributed by atoms with E-state index in [1.807, 2.05) is 130 Å². The molecule has 0 aromatic heterocycles. The highest BCUT2D eigenvalue weighted by molar-refractivity contribution is 5.80. The fourth-order valence-corrected chi connectivity index (χ4v) is 8.54. The summed E-state index contributed by atoms with van der Waals surface area (Å²) in [7, 11) is 0. The van der Waals surface area contributed by atoms with Gasteiger partial charge in [-0.15, -0.1) is 0 Å². The molecule has 89 heavy (non-hydrogen) atoms. The Labute approximate surface area is 562 Å². The van der Waals surface area contributed by atoms with Crippen LogP contribution in [0.5, 0.6) is 0 Å². The molecule has 0 atom stereocenters. The molecule has 514 valence electrons. The molecule has 0 amide bonds. The Morgan fingerprint density at radius 1 is 0.292 bits per heavy atom. The first-order valence-corrected chi connectivity index (χ1v) is 35.0. The molecule has 2 heteroatoms. The molecule has 0 fully saturated rings. The van der Waals surface area contributed by atoms with Gasteiger partial charge in [-0.05, 0) is 242 Å². The molecule has 2 nitrogen and oxygen atoms in total. The third-order valence-corrected chi connectivity index (χ3v) is 15.6. The summed E-state index contributed by atoms with van der Waals surface area (Å²) < 4.78 is 0. The largest absolute Gasteiger partial charge is 0.261 e. The third kappa shape index (κ3) is 53.3. The zero-order valence-electron chi connectivity index (χ0n) is 65.6. The maximum atomic E-state index is 4.15. The van der Waals surface area contributed by atoms with Crippen LogP contribution in [0, 0.1) is 0 Å². The van der Waals surface area contributed by atoms with Gasteiger partial charge in [-0.3, -0.25) is 9.98 Å². The molecule has 0 radical (unpaired) electrons. The fraction of sp³-hybridized carbons (Fsp3) is 0.586. The van der Waals surface area contributed by atoms with Crippen molar-refractivity contribution in [2.75, 3.05) is 0 Å². The van der Waals surface area contributed by atoms with Gasteiger partial charge in [-0.1, -0.05) is 283 Å². The minimum absolute atomic E-state index is 0. The van der Waals surface area contributed by atoms with Crippen LogP contribution in [0.25, 0.3) is 0 Å². The van der Waals surface area contributed by atoms with Gasteiger partial charge in [0.25, 0.3) is 0 Å². The summed E-state index contributed by atoms with van der Waals surface area (Å²) in [4.78, 5) is 8.23. The molecule has 2 aliphatic heterocycles. The van der Waals surface area contributed by atoms with Gasteiger partial charge in [0.15, 0.2) is 0 Å². The minimum atomic E-state index is 0. The summed E-state index contributed by atoms with van der Waals surface area (Å²) >= 11 is 0. The van der Waals surface area contributed by atoms with Crippen molar-refractivity contribution in [3.63, 3.8) is 0 Å². The SMILES string of the molecule is C.C=C1C=CC(C)=C(C)C1.C=C1C=NC(C)=C(C)C1.C=C1CCC(C)=C(C)C1.C=C1CCC(C)=C(C)C1.C=C1CCC(C)=C(C)C1.C=C1CCC(C)=C(C)C1.C=C1CCCC(C)=C1C.C=C1N=CCC(C)=C1C.CC.CC.CC.CC.CC.CC.CC.CC. The van der Waals surface area contributed by atoms with Crippen LogP contribution in [-0.2, 0) is 0 Å².